The van der Waals surface area contributed by atoms with E-state index in [9.17, 15) is 18.0 Å². The topological polar surface area (TPSA) is 95.6 Å². The van der Waals surface area contributed by atoms with E-state index in [0.717, 1.165) is 0 Å². The van der Waals surface area contributed by atoms with E-state index in [4.69, 9.17) is 0 Å². The molecule has 0 saturated carbocycles. The first-order chi connectivity index (χ1) is 9.54. The number of urea groups is 1. The highest BCUT2D eigenvalue weighted by Gasteiger charge is 2.50. The number of hydrogen-bond donors (Lipinski definition) is 2. The summed E-state index contributed by atoms with van der Waals surface area (Å²) in [5, 5.41) is 4.78. The lowest BCUT2D eigenvalue weighted by atomic mass is 9.90. The minimum Gasteiger partial charge on any atom is -0.322 e. The maximum absolute atomic E-state index is 12.4. The second kappa shape index (κ2) is 5.24. The molecule has 2 fully saturated rings. The minimum atomic E-state index is -3.42. The smallest absolute Gasteiger partial charge is 0.322 e. The molecule has 2 rings (SSSR count). The molecule has 2 aliphatic heterocycles. The molecule has 0 aromatic rings. The number of nitrogens with one attached hydrogen (secondary N) is 2. The van der Waals surface area contributed by atoms with Gasteiger partial charge in [0.1, 0.15) is 5.54 Å². The Kier molecular flexibility index (Phi) is 4.05. The van der Waals surface area contributed by atoms with Gasteiger partial charge < -0.3 is 5.32 Å². The van der Waals surface area contributed by atoms with Gasteiger partial charge in [-0.2, -0.15) is 4.31 Å². The van der Waals surface area contributed by atoms with Crippen LogP contribution in [-0.4, -0.2) is 49.0 Å². The number of carbonyl (C=O) groups is 2. The minimum absolute atomic E-state index is 0.0249. The van der Waals surface area contributed by atoms with Crippen LogP contribution < -0.4 is 10.6 Å². The van der Waals surface area contributed by atoms with Gasteiger partial charge in [0.15, 0.2) is 0 Å². The molecule has 2 N–H and O–H groups in total. The Morgan fingerprint density at radius 1 is 1.29 bits per heavy atom. The Labute approximate surface area is 125 Å². The van der Waals surface area contributed by atoms with Crippen LogP contribution in [0.5, 0.6) is 0 Å². The second-order valence-electron chi connectivity index (χ2n) is 7.05. The van der Waals surface area contributed by atoms with Crippen LogP contribution in [0.2, 0.25) is 0 Å². The summed E-state index contributed by atoms with van der Waals surface area (Å²) in [6.07, 6.45) is 1.58. The number of nitrogens with zero attached hydrogens (tertiary/aromatic N) is 1. The molecule has 7 nitrogen and oxygen atoms in total. The number of carbonyl (C=O) groups excluding carboxylic acids is 2. The highest BCUT2D eigenvalue weighted by Crippen LogP contribution is 2.28. The summed E-state index contributed by atoms with van der Waals surface area (Å²) >= 11 is 0. The van der Waals surface area contributed by atoms with Gasteiger partial charge in [-0.3, -0.25) is 10.1 Å². The van der Waals surface area contributed by atoms with E-state index in [-0.39, 0.29) is 17.7 Å². The molecule has 1 unspecified atom stereocenters. The number of imide groups is 1. The average Bonchev–Trinajstić information content (AvgIpc) is 2.61. The lowest BCUT2D eigenvalue weighted by Gasteiger charge is -2.37. The number of sulfonamides is 1. The van der Waals surface area contributed by atoms with Crippen molar-refractivity contribution in [1.29, 1.82) is 0 Å². The van der Waals surface area contributed by atoms with Crippen LogP contribution in [0.1, 0.15) is 40.0 Å². The molecule has 120 valence electrons. The summed E-state index contributed by atoms with van der Waals surface area (Å²) in [4.78, 5) is 23.3. The molecule has 1 spiro atoms. The highest BCUT2D eigenvalue weighted by atomic mass is 32.2. The molecule has 0 aromatic heterocycles. The molecule has 0 radical (unpaired) electrons. The molecular weight excluding hydrogens is 294 g/mol. The third-order valence-corrected chi connectivity index (χ3v) is 5.79. The summed E-state index contributed by atoms with van der Waals surface area (Å²) in [5.41, 5.74) is -1.16. The van der Waals surface area contributed by atoms with Gasteiger partial charge in [0.2, 0.25) is 10.0 Å². The number of piperidine rings is 1. The van der Waals surface area contributed by atoms with E-state index in [0.29, 0.717) is 25.8 Å². The van der Waals surface area contributed by atoms with Crippen LogP contribution in [0.15, 0.2) is 0 Å². The Morgan fingerprint density at radius 3 is 2.48 bits per heavy atom. The van der Waals surface area contributed by atoms with E-state index >= 15 is 0 Å². The van der Waals surface area contributed by atoms with E-state index in [1.54, 1.807) is 0 Å². The normalized spacial score (nSPS) is 27.8. The fourth-order valence-electron chi connectivity index (χ4n) is 2.63. The Hall–Kier alpha value is -1.15. The molecule has 3 amide bonds. The molecule has 0 aliphatic carbocycles. The first-order valence-electron chi connectivity index (χ1n) is 7.16. The zero-order valence-electron chi connectivity index (χ0n) is 12.7. The van der Waals surface area contributed by atoms with Gasteiger partial charge in [-0.05, 0) is 24.7 Å². The van der Waals surface area contributed by atoms with E-state index in [1.807, 2.05) is 20.8 Å². The summed E-state index contributed by atoms with van der Waals surface area (Å²) in [6.45, 7) is 6.40. The van der Waals surface area contributed by atoms with Crippen molar-refractivity contribution in [3.63, 3.8) is 0 Å². The van der Waals surface area contributed by atoms with Crippen molar-refractivity contribution in [2.75, 3.05) is 18.8 Å². The molecular formula is C13H23N3O4S. The van der Waals surface area contributed by atoms with Crippen LogP contribution in [0.3, 0.4) is 0 Å². The van der Waals surface area contributed by atoms with Crippen LogP contribution in [0.4, 0.5) is 4.79 Å². The highest BCUT2D eigenvalue weighted by molar-refractivity contribution is 7.89. The van der Waals surface area contributed by atoms with Crippen LogP contribution in [-0.2, 0) is 14.8 Å². The van der Waals surface area contributed by atoms with Gasteiger partial charge in [-0.25, -0.2) is 13.2 Å². The van der Waals surface area contributed by atoms with Gasteiger partial charge in [0.05, 0.1) is 5.75 Å². The summed E-state index contributed by atoms with van der Waals surface area (Å²) in [6, 6.07) is -0.547. The number of hydrogen-bond acceptors (Lipinski definition) is 4. The van der Waals surface area contributed by atoms with Crippen molar-refractivity contribution in [3.8, 4) is 0 Å². The van der Waals surface area contributed by atoms with Crippen molar-refractivity contribution in [2.24, 2.45) is 5.41 Å². The summed E-state index contributed by atoms with van der Waals surface area (Å²) in [5.74, 6) is -0.370. The monoisotopic (exact) mass is 317 g/mol. The third-order valence-electron chi connectivity index (χ3n) is 3.98. The van der Waals surface area contributed by atoms with Crippen molar-refractivity contribution in [2.45, 2.75) is 45.6 Å². The lowest BCUT2D eigenvalue weighted by molar-refractivity contribution is -0.125. The molecule has 2 heterocycles. The molecule has 8 heteroatoms. The Morgan fingerprint density at radius 2 is 1.95 bits per heavy atom. The number of rotatable bonds is 3. The maximum Gasteiger partial charge on any atom is 0.322 e. The first-order valence-corrected chi connectivity index (χ1v) is 8.77. The summed E-state index contributed by atoms with van der Waals surface area (Å²) in [7, 11) is -3.42. The van der Waals surface area contributed by atoms with Crippen molar-refractivity contribution in [1.82, 2.24) is 14.9 Å². The standard InChI is InChI=1S/C13H23N3O4S/c1-12(2,3)6-8-21(19,20)16-7-4-5-13(9-16)10(17)14-11(18)15-13/h4-9H2,1-3H3,(H2,14,15,17,18). The maximum atomic E-state index is 12.4. The largest absolute Gasteiger partial charge is 0.322 e. The molecule has 2 aliphatic rings. The first kappa shape index (κ1) is 16.2. The Balaban J connectivity index is 2.10. The fraction of sp³-hybridized carbons (Fsp3) is 0.846. The zero-order valence-corrected chi connectivity index (χ0v) is 13.5. The van der Waals surface area contributed by atoms with Crippen molar-refractivity contribution < 1.29 is 18.0 Å². The SMILES string of the molecule is CC(C)(C)CCS(=O)(=O)N1CCCC2(C1)NC(=O)NC2=O. The van der Waals surface area contributed by atoms with Gasteiger partial charge in [0.25, 0.3) is 5.91 Å². The van der Waals surface area contributed by atoms with Crippen molar-refractivity contribution in [3.05, 3.63) is 0 Å². The zero-order chi connectivity index (χ0) is 15.9. The lowest BCUT2D eigenvalue weighted by Crippen LogP contribution is -2.59. The van der Waals surface area contributed by atoms with Gasteiger partial charge in [0, 0.05) is 13.1 Å². The average molecular weight is 317 g/mol. The molecule has 21 heavy (non-hydrogen) atoms. The van der Waals surface area contributed by atoms with E-state index < -0.39 is 27.5 Å². The predicted molar refractivity (Wildman–Crippen MR) is 78.1 cm³/mol. The van der Waals surface area contributed by atoms with Crippen LogP contribution in [0, 0.1) is 5.41 Å². The molecule has 1 atom stereocenters. The van der Waals surface area contributed by atoms with Crippen molar-refractivity contribution >= 4 is 22.0 Å². The van der Waals surface area contributed by atoms with E-state index in [1.165, 1.54) is 4.31 Å². The summed E-state index contributed by atoms with van der Waals surface area (Å²) < 4.78 is 26.2. The molecule has 0 aromatic carbocycles. The van der Waals surface area contributed by atoms with Gasteiger partial charge in [-0.1, -0.05) is 20.8 Å². The Bertz CT molecular complexity index is 552. The quantitative estimate of drug-likeness (QED) is 0.738. The fourth-order valence-corrected chi connectivity index (χ4v) is 4.59. The molecule has 2 saturated heterocycles. The number of amides is 3. The van der Waals surface area contributed by atoms with Gasteiger partial charge in [-0.15, -0.1) is 0 Å². The van der Waals surface area contributed by atoms with Gasteiger partial charge >= 0.3 is 6.03 Å². The second-order valence-corrected chi connectivity index (χ2v) is 9.14. The predicted octanol–water partition coefficient (Wildman–Crippen LogP) is 0.426. The van der Waals surface area contributed by atoms with E-state index in [2.05, 4.69) is 10.6 Å². The third kappa shape index (κ3) is 3.55. The van der Waals surface area contributed by atoms with Crippen LogP contribution in [0.25, 0.3) is 0 Å². The van der Waals surface area contributed by atoms with Crippen LogP contribution >= 0.6 is 0 Å². The molecule has 0 bridgehead atoms.